The molecule has 112 valence electrons. The highest BCUT2D eigenvalue weighted by molar-refractivity contribution is 6.01. The van der Waals surface area contributed by atoms with E-state index in [1.807, 2.05) is 12.1 Å². The van der Waals surface area contributed by atoms with Crippen molar-refractivity contribution in [2.24, 2.45) is 0 Å². The van der Waals surface area contributed by atoms with Crippen LogP contribution in [0.25, 0.3) is 0 Å². The van der Waals surface area contributed by atoms with Gasteiger partial charge in [0.25, 0.3) is 0 Å². The fourth-order valence-corrected chi connectivity index (χ4v) is 2.54. The van der Waals surface area contributed by atoms with E-state index in [4.69, 9.17) is 22.1 Å². The zero-order valence-electron chi connectivity index (χ0n) is 12.7. The molecule has 1 aliphatic rings. The second-order valence-electron chi connectivity index (χ2n) is 5.42. The molecular weight excluding hydrogens is 272 g/mol. The quantitative estimate of drug-likeness (QED) is 0.555. The predicted octanol–water partition coefficient (Wildman–Crippen LogP) is 3.29. The molecule has 5 N–H and O–H groups in total. The van der Waals surface area contributed by atoms with Crippen molar-refractivity contribution in [3.63, 3.8) is 0 Å². The van der Waals surface area contributed by atoms with Crippen molar-refractivity contribution in [2.75, 3.05) is 11.5 Å². The van der Waals surface area contributed by atoms with E-state index >= 15 is 0 Å². The lowest BCUT2D eigenvalue weighted by molar-refractivity contribution is 0.912. The van der Waals surface area contributed by atoms with Gasteiger partial charge < -0.3 is 16.9 Å². The topological polar surface area (TPSA) is 99.7 Å². The molecular formula is C18H20N4. The summed E-state index contributed by atoms with van der Waals surface area (Å²) in [7, 11) is 0. The standard InChI is InChI=1S/C10H9N.C8H11N3/c11-7-8-4-5-9-2-1-3-10(9)6-8;1-5(9)7-4-6(10)2-3-8(7)11/h4-6H,1-3H2;2-4,9H,10-11H2,1H3. The molecule has 2 aromatic rings. The van der Waals surface area contributed by atoms with Crippen LogP contribution in [0.5, 0.6) is 0 Å². The van der Waals surface area contributed by atoms with Crippen LogP contribution >= 0.6 is 0 Å². The molecule has 0 radical (unpaired) electrons. The summed E-state index contributed by atoms with van der Waals surface area (Å²) in [5.74, 6) is 0. The molecule has 0 heterocycles. The number of aryl methyl sites for hydroxylation is 2. The summed E-state index contributed by atoms with van der Waals surface area (Å²) >= 11 is 0. The number of nitrogens with two attached hydrogens (primary N) is 2. The van der Waals surface area contributed by atoms with Crippen LogP contribution in [0.15, 0.2) is 36.4 Å². The number of nitrogens with zero attached hydrogens (tertiary/aromatic N) is 1. The number of benzene rings is 2. The Morgan fingerprint density at radius 2 is 1.82 bits per heavy atom. The molecule has 22 heavy (non-hydrogen) atoms. The van der Waals surface area contributed by atoms with Crippen molar-refractivity contribution < 1.29 is 0 Å². The Morgan fingerprint density at radius 3 is 2.45 bits per heavy atom. The van der Waals surface area contributed by atoms with Gasteiger partial charge in [-0.25, -0.2) is 0 Å². The van der Waals surface area contributed by atoms with E-state index in [1.165, 1.54) is 24.0 Å². The van der Waals surface area contributed by atoms with Gasteiger partial charge in [0.05, 0.1) is 11.6 Å². The first-order valence-corrected chi connectivity index (χ1v) is 7.23. The highest BCUT2D eigenvalue weighted by atomic mass is 14.6. The van der Waals surface area contributed by atoms with Crippen LogP contribution in [-0.2, 0) is 12.8 Å². The summed E-state index contributed by atoms with van der Waals surface area (Å²) in [5.41, 5.74) is 17.1. The number of anilines is 2. The molecule has 0 amide bonds. The van der Waals surface area contributed by atoms with E-state index in [0.717, 1.165) is 12.0 Å². The van der Waals surface area contributed by atoms with Crippen molar-refractivity contribution in [1.82, 2.24) is 0 Å². The molecule has 2 aromatic carbocycles. The second kappa shape index (κ2) is 6.77. The number of nitriles is 1. The number of hydrogen-bond acceptors (Lipinski definition) is 4. The van der Waals surface area contributed by atoms with Crippen LogP contribution < -0.4 is 11.5 Å². The third-order valence-corrected chi connectivity index (χ3v) is 3.71. The van der Waals surface area contributed by atoms with Gasteiger partial charge in [0, 0.05) is 22.6 Å². The molecule has 0 spiro atoms. The van der Waals surface area contributed by atoms with Gasteiger partial charge in [-0.15, -0.1) is 0 Å². The molecule has 0 bridgehead atoms. The van der Waals surface area contributed by atoms with Crippen molar-refractivity contribution in [1.29, 1.82) is 10.7 Å². The van der Waals surface area contributed by atoms with Crippen molar-refractivity contribution in [3.05, 3.63) is 58.7 Å². The number of nitrogens with one attached hydrogen (secondary N) is 1. The average Bonchev–Trinajstić information content (AvgIpc) is 2.97. The van der Waals surface area contributed by atoms with Crippen molar-refractivity contribution in [2.45, 2.75) is 26.2 Å². The van der Waals surface area contributed by atoms with Gasteiger partial charge in [0.1, 0.15) is 0 Å². The first-order valence-electron chi connectivity index (χ1n) is 7.23. The summed E-state index contributed by atoms with van der Waals surface area (Å²) in [6, 6.07) is 13.3. The van der Waals surface area contributed by atoms with Gasteiger partial charge >= 0.3 is 0 Å². The molecule has 0 unspecified atom stereocenters. The van der Waals surface area contributed by atoms with Crippen LogP contribution in [0, 0.1) is 16.7 Å². The smallest absolute Gasteiger partial charge is 0.0991 e. The summed E-state index contributed by atoms with van der Waals surface area (Å²) in [4.78, 5) is 0. The van der Waals surface area contributed by atoms with Crippen LogP contribution in [0.2, 0.25) is 0 Å². The largest absolute Gasteiger partial charge is 0.399 e. The molecule has 0 fully saturated rings. The van der Waals surface area contributed by atoms with Crippen LogP contribution in [0.3, 0.4) is 0 Å². The Morgan fingerprint density at radius 1 is 1.09 bits per heavy atom. The monoisotopic (exact) mass is 292 g/mol. The predicted molar refractivity (Wildman–Crippen MR) is 91.0 cm³/mol. The minimum atomic E-state index is 0.440. The number of hydrogen-bond donors (Lipinski definition) is 3. The maximum atomic E-state index is 8.62. The van der Waals surface area contributed by atoms with Crippen LogP contribution in [-0.4, -0.2) is 5.71 Å². The van der Waals surface area contributed by atoms with Crippen molar-refractivity contribution in [3.8, 4) is 6.07 Å². The van der Waals surface area contributed by atoms with Gasteiger partial charge in [0.15, 0.2) is 0 Å². The zero-order valence-corrected chi connectivity index (χ0v) is 12.7. The van der Waals surface area contributed by atoms with Gasteiger partial charge in [0.2, 0.25) is 0 Å². The summed E-state index contributed by atoms with van der Waals surface area (Å²) < 4.78 is 0. The van der Waals surface area contributed by atoms with E-state index < -0.39 is 0 Å². The lowest BCUT2D eigenvalue weighted by Crippen LogP contribution is -2.00. The fraction of sp³-hybridized carbons (Fsp3) is 0.222. The SMILES string of the molecule is CC(=N)c1cc(N)ccc1N.N#Cc1ccc2c(c1)CCC2. The minimum absolute atomic E-state index is 0.440. The molecule has 0 aliphatic heterocycles. The molecule has 0 aromatic heterocycles. The Bertz CT molecular complexity index is 741. The highest BCUT2D eigenvalue weighted by Crippen LogP contribution is 2.22. The van der Waals surface area contributed by atoms with E-state index in [-0.39, 0.29) is 0 Å². The van der Waals surface area contributed by atoms with E-state index in [2.05, 4.69) is 12.1 Å². The van der Waals surface area contributed by atoms with E-state index in [1.54, 1.807) is 25.1 Å². The van der Waals surface area contributed by atoms with E-state index in [9.17, 15) is 0 Å². The third-order valence-electron chi connectivity index (χ3n) is 3.71. The Hall–Kier alpha value is -2.80. The molecule has 3 rings (SSSR count). The lowest BCUT2D eigenvalue weighted by Gasteiger charge is -2.03. The highest BCUT2D eigenvalue weighted by Gasteiger charge is 2.09. The molecule has 1 aliphatic carbocycles. The molecule has 0 saturated carbocycles. The summed E-state index contributed by atoms with van der Waals surface area (Å²) in [5, 5.41) is 16.0. The number of nitrogen functional groups attached to an aromatic ring is 2. The van der Waals surface area contributed by atoms with Gasteiger partial charge in [-0.2, -0.15) is 5.26 Å². The number of fused-ring (bicyclic) bond motifs is 1. The van der Waals surface area contributed by atoms with Gasteiger partial charge in [-0.1, -0.05) is 6.07 Å². The summed E-state index contributed by atoms with van der Waals surface area (Å²) in [6.07, 6.45) is 3.61. The summed E-state index contributed by atoms with van der Waals surface area (Å²) in [6.45, 7) is 1.69. The molecule has 0 saturated heterocycles. The first kappa shape index (κ1) is 15.6. The fourth-order valence-electron chi connectivity index (χ4n) is 2.54. The Labute approximate surface area is 130 Å². The van der Waals surface area contributed by atoms with E-state index in [0.29, 0.717) is 22.6 Å². The molecule has 0 atom stereocenters. The average molecular weight is 292 g/mol. The molecule has 4 heteroatoms. The van der Waals surface area contributed by atoms with Crippen LogP contribution in [0.4, 0.5) is 11.4 Å². The van der Waals surface area contributed by atoms with Gasteiger partial charge in [-0.05, 0) is 67.6 Å². The lowest BCUT2D eigenvalue weighted by atomic mass is 10.1. The first-order chi connectivity index (χ1) is 10.5. The number of rotatable bonds is 1. The zero-order chi connectivity index (χ0) is 16.1. The van der Waals surface area contributed by atoms with Gasteiger partial charge in [-0.3, -0.25) is 0 Å². The Kier molecular flexibility index (Phi) is 4.80. The minimum Gasteiger partial charge on any atom is -0.399 e. The normalized spacial score (nSPS) is 11.8. The second-order valence-corrected chi connectivity index (χ2v) is 5.42. The maximum absolute atomic E-state index is 8.62. The molecule has 4 nitrogen and oxygen atoms in total. The third kappa shape index (κ3) is 3.64. The maximum Gasteiger partial charge on any atom is 0.0991 e. The van der Waals surface area contributed by atoms with Crippen molar-refractivity contribution >= 4 is 17.1 Å². The Balaban J connectivity index is 0.000000160. The van der Waals surface area contributed by atoms with Crippen LogP contribution in [0.1, 0.15) is 35.6 Å².